The van der Waals surface area contributed by atoms with E-state index in [0.29, 0.717) is 22.9 Å². The highest BCUT2D eigenvalue weighted by Crippen LogP contribution is 2.21. The predicted molar refractivity (Wildman–Crippen MR) is 103 cm³/mol. The Morgan fingerprint density at radius 1 is 0.760 bits per heavy atom. The van der Waals surface area contributed by atoms with Gasteiger partial charge in [-0.3, -0.25) is 0 Å². The Morgan fingerprint density at radius 2 is 1.36 bits per heavy atom. The Kier molecular flexibility index (Phi) is 5.30. The van der Waals surface area contributed by atoms with Crippen LogP contribution in [0.3, 0.4) is 0 Å². The van der Waals surface area contributed by atoms with Gasteiger partial charge < -0.3 is 16.0 Å². The first-order chi connectivity index (χ1) is 12.1. The summed E-state index contributed by atoms with van der Waals surface area (Å²) in [6.45, 7) is 4.05. The highest BCUT2D eigenvalue weighted by molar-refractivity contribution is 6.30. The molecule has 1 heterocycles. The zero-order chi connectivity index (χ0) is 17.6. The Morgan fingerprint density at radius 3 is 2.00 bits per heavy atom. The molecule has 0 bridgehead atoms. The number of nitrogens with one attached hydrogen (secondary N) is 3. The van der Waals surface area contributed by atoms with Gasteiger partial charge in [-0.1, -0.05) is 35.9 Å². The molecule has 2 aromatic carbocycles. The van der Waals surface area contributed by atoms with Crippen molar-refractivity contribution in [3.8, 4) is 0 Å². The maximum absolute atomic E-state index is 6.03. The number of anilines is 5. The first-order valence-electron chi connectivity index (χ1n) is 7.96. The number of nitrogens with zero attached hydrogens (tertiary/aromatic N) is 3. The highest BCUT2D eigenvalue weighted by Gasteiger charge is 2.08. The van der Waals surface area contributed by atoms with Crippen molar-refractivity contribution in [2.75, 3.05) is 16.0 Å². The summed E-state index contributed by atoms with van der Waals surface area (Å²) in [5.74, 6) is 1.38. The second-order valence-electron chi connectivity index (χ2n) is 5.73. The van der Waals surface area contributed by atoms with Crippen LogP contribution in [-0.2, 0) is 0 Å². The van der Waals surface area contributed by atoms with Gasteiger partial charge in [-0.25, -0.2) is 0 Å². The molecule has 1 aromatic heterocycles. The van der Waals surface area contributed by atoms with Crippen molar-refractivity contribution < 1.29 is 0 Å². The molecular formula is C18H19ClN6. The summed E-state index contributed by atoms with van der Waals surface area (Å²) in [5.41, 5.74) is 1.71. The van der Waals surface area contributed by atoms with Crippen molar-refractivity contribution in [3.05, 3.63) is 59.6 Å². The molecule has 7 heteroatoms. The molecule has 6 nitrogen and oxygen atoms in total. The van der Waals surface area contributed by atoms with E-state index in [9.17, 15) is 0 Å². The summed E-state index contributed by atoms with van der Waals surface area (Å²) in [6.07, 6.45) is 0. The van der Waals surface area contributed by atoms with Gasteiger partial charge in [0, 0.05) is 22.4 Å². The molecule has 0 saturated carbocycles. The van der Waals surface area contributed by atoms with Crippen LogP contribution in [0.4, 0.5) is 29.2 Å². The van der Waals surface area contributed by atoms with Crippen molar-refractivity contribution in [3.63, 3.8) is 0 Å². The van der Waals surface area contributed by atoms with Gasteiger partial charge in [0.2, 0.25) is 17.8 Å². The second kappa shape index (κ2) is 7.81. The predicted octanol–water partition coefficient (Wildman–Crippen LogP) is 4.83. The number of para-hydroxylation sites is 1. The summed E-state index contributed by atoms with van der Waals surface area (Å²) in [7, 11) is 0. The van der Waals surface area contributed by atoms with Crippen LogP contribution in [-0.4, -0.2) is 21.0 Å². The molecule has 0 fully saturated rings. The summed E-state index contributed by atoms with van der Waals surface area (Å²) in [5, 5.41) is 10.2. The maximum atomic E-state index is 6.03. The fourth-order valence-electron chi connectivity index (χ4n) is 2.16. The fraction of sp³-hybridized carbons (Fsp3) is 0.167. The highest BCUT2D eigenvalue weighted by atomic mass is 35.5. The van der Waals surface area contributed by atoms with E-state index in [2.05, 4.69) is 30.9 Å². The number of halogens is 1. The average Bonchev–Trinajstić information content (AvgIpc) is 2.55. The van der Waals surface area contributed by atoms with E-state index >= 15 is 0 Å². The quantitative estimate of drug-likeness (QED) is 0.588. The first kappa shape index (κ1) is 17.0. The normalized spacial score (nSPS) is 10.6. The van der Waals surface area contributed by atoms with Crippen molar-refractivity contribution in [2.24, 2.45) is 0 Å². The molecule has 0 atom stereocenters. The van der Waals surface area contributed by atoms with Gasteiger partial charge in [-0.15, -0.1) is 0 Å². The number of aromatic nitrogens is 3. The lowest BCUT2D eigenvalue weighted by atomic mass is 10.3. The Labute approximate surface area is 151 Å². The molecule has 0 unspecified atom stereocenters. The minimum atomic E-state index is 0.200. The standard InChI is InChI=1S/C18H19ClN6/c1-12(2)20-16-23-17(21-14-8-4-3-5-9-14)25-18(24-16)22-15-10-6-7-13(19)11-15/h3-12H,1-2H3,(H3,20,21,22,23,24,25). The van der Waals surface area contributed by atoms with Crippen LogP contribution < -0.4 is 16.0 Å². The van der Waals surface area contributed by atoms with Gasteiger partial charge in [-0.05, 0) is 44.2 Å². The van der Waals surface area contributed by atoms with E-state index in [1.54, 1.807) is 0 Å². The van der Waals surface area contributed by atoms with Crippen molar-refractivity contribution in [2.45, 2.75) is 19.9 Å². The first-order valence-corrected chi connectivity index (χ1v) is 8.33. The van der Waals surface area contributed by atoms with Crippen LogP contribution in [0.25, 0.3) is 0 Å². The van der Waals surface area contributed by atoms with Crippen LogP contribution in [0.2, 0.25) is 5.02 Å². The van der Waals surface area contributed by atoms with Crippen molar-refractivity contribution in [1.29, 1.82) is 0 Å². The molecule has 3 rings (SSSR count). The molecule has 0 amide bonds. The molecule has 0 aliphatic rings. The number of hydrogen-bond acceptors (Lipinski definition) is 6. The smallest absolute Gasteiger partial charge is 0.233 e. The molecular weight excluding hydrogens is 336 g/mol. The number of benzene rings is 2. The van der Waals surface area contributed by atoms with E-state index in [1.807, 2.05) is 68.4 Å². The van der Waals surface area contributed by atoms with Crippen LogP contribution >= 0.6 is 11.6 Å². The fourth-order valence-corrected chi connectivity index (χ4v) is 2.35. The zero-order valence-electron chi connectivity index (χ0n) is 14.0. The molecule has 3 aromatic rings. The third-order valence-corrected chi connectivity index (χ3v) is 3.40. The van der Waals surface area contributed by atoms with Gasteiger partial charge in [0.15, 0.2) is 0 Å². The lowest BCUT2D eigenvalue weighted by Crippen LogP contribution is -2.15. The minimum Gasteiger partial charge on any atom is -0.352 e. The van der Waals surface area contributed by atoms with E-state index in [0.717, 1.165) is 11.4 Å². The monoisotopic (exact) mass is 354 g/mol. The van der Waals surface area contributed by atoms with Gasteiger partial charge >= 0.3 is 0 Å². The third-order valence-electron chi connectivity index (χ3n) is 3.16. The summed E-state index contributed by atoms with van der Waals surface area (Å²) in [4.78, 5) is 13.3. The number of hydrogen-bond donors (Lipinski definition) is 3. The van der Waals surface area contributed by atoms with Crippen molar-refractivity contribution in [1.82, 2.24) is 15.0 Å². The van der Waals surface area contributed by atoms with E-state index in [4.69, 9.17) is 11.6 Å². The Bertz CT molecular complexity index is 838. The van der Waals surface area contributed by atoms with Gasteiger partial charge in [0.05, 0.1) is 0 Å². The molecule has 0 aliphatic heterocycles. The summed E-state index contributed by atoms with van der Waals surface area (Å²) < 4.78 is 0. The maximum Gasteiger partial charge on any atom is 0.233 e. The lowest BCUT2D eigenvalue weighted by molar-refractivity contribution is 0.869. The third kappa shape index (κ3) is 5.06. The molecule has 25 heavy (non-hydrogen) atoms. The van der Waals surface area contributed by atoms with Crippen LogP contribution in [0.15, 0.2) is 54.6 Å². The molecule has 128 valence electrons. The van der Waals surface area contributed by atoms with Crippen molar-refractivity contribution >= 4 is 40.8 Å². The van der Waals surface area contributed by atoms with E-state index in [1.165, 1.54) is 0 Å². The Hall–Kier alpha value is -2.86. The van der Waals surface area contributed by atoms with Crippen LogP contribution in [0.5, 0.6) is 0 Å². The van der Waals surface area contributed by atoms with Gasteiger partial charge in [0.1, 0.15) is 0 Å². The largest absolute Gasteiger partial charge is 0.352 e. The number of rotatable bonds is 6. The summed E-state index contributed by atoms with van der Waals surface area (Å²) >= 11 is 6.03. The molecule has 0 saturated heterocycles. The van der Waals surface area contributed by atoms with E-state index < -0.39 is 0 Å². The minimum absolute atomic E-state index is 0.200. The van der Waals surface area contributed by atoms with Gasteiger partial charge in [0.25, 0.3) is 0 Å². The SMILES string of the molecule is CC(C)Nc1nc(Nc2ccccc2)nc(Nc2cccc(Cl)c2)n1. The topological polar surface area (TPSA) is 74.8 Å². The Balaban J connectivity index is 1.89. The van der Waals surface area contributed by atoms with E-state index in [-0.39, 0.29) is 6.04 Å². The second-order valence-corrected chi connectivity index (χ2v) is 6.17. The molecule has 3 N–H and O–H groups in total. The molecule has 0 radical (unpaired) electrons. The summed E-state index contributed by atoms with van der Waals surface area (Å²) in [6, 6.07) is 17.3. The van der Waals surface area contributed by atoms with Crippen LogP contribution in [0, 0.1) is 0 Å². The average molecular weight is 355 g/mol. The lowest BCUT2D eigenvalue weighted by Gasteiger charge is -2.13. The molecule has 0 aliphatic carbocycles. The zero-order valence-corrected chi connectivity index (χ0v) is 14.7. The van der Waals surface area contributed by atoms with Gasteiger partial charge in [-0.2, -0.15) is 15.0 Å². The van der Waals surface area contributed by atoms with Crippen LogP contribution in [0.1, 0.15) is 13.8 Å². The molecule has 0 spiro atoms.